The molecular weight excluding hydrogens is 884 g/mol. The first-order chi connectivity index (χ1) is 24.6. The van der Waals surface area contributed by atoms with Crippen LogP contribution in [0.15, 0.2) is 51.6 Å². The smallest absolute Gasteiger partial charge is 0.444 e. The average Bonchev–Trinajstić information content (AvgIpc) is 3.47. The van der Waals surface area contributed by atoms with Crippen molar-refractivity contribution < 1.29 is 76.5 Å². The third-order valence-corrected chi connectivity index (χ3v) is 9.37. The summed E-state index contributed by atoms with van der Waals surface area (Å²) >= 11 is 2.89. The van der Waals surface area contributed by atoms with E-state index >= 15 is 0 Å². The van der Waals surface area contributed by atoms with Crippen molar-refractivity contribution in [3.63, 3.8) is 0 Å². The minimum absolute atomic E-state index is 0.0102. The second-order valence-corrected chi connectivity index (χ2v) is 15.7. The zero-order chi connectivity index (χ0) is 40.9. The molecule has 0 N–H and O–H groups in total. The molecule has 2 aromatic carbocycles. The number of piperidine rings is 1. The number of nitrogens with zero attached hydrogens (tertiary/aromatic N) is 2. The minimum atomic E-state index is -5.06. The monoisotopic (exact) mass is 910 g/mol. The van der Waals surface area contributed by atoms with Gasteiger partial charge in [-0.25, -0.2) is 9.78 Å². The highest BCUT2D eigenvalue weighted by molar-refractivity contribution is 9.09. The van der Waals surface area contributed by atoms with Gasteiger partial charge in [0.25, 0.3) is 0 Å². The molecule has 0 radical (unpaired) electrons. The van der Waals surface area contributed by atoms with Gasteiger partial charge in [0, 0.05) is 45.3 Å². The minimum Gasteiger partial charge on any atom is -0.444 e. The molecule has 0 spiro atoms. The molecule has 0 unspecified atom stereocenters. The molecular formula is C31H27BrF12N2O5S3. The number of ether oxygens (including phenoxy) is 3. The molecule has 300 valence electrons. The molecule has 1 amide bonds. The van der Waals surface area contributed by atoms with E-state index in [1.165, 1.54) is 11.3 Å². The second kappa shape index (κ2) is 17.8. The molecule has 1 saturated heterocycles. The highest BCUT2D eigenvalue weighted by Gasteiger charge is 2.35. The van der Waals surface area contributed by atoms with Crippen LogP contribution in [0.25, 0.3) is 11.3 Å². The molecule has 0 aliphatic carbocycles. The predicted octanol–water partition coefficient (Wildman–Crippen LogP) is 12.2. The Bertz CT molecular complexity index is 1680. The maximum Gasteiger partial charge on any atom is 0.573 e. The van der Waals surface area contributed by atoms with Gasteiger partial charge in [0.15, 0.2) is 5.78 Å². The Morgan fingerprint density at radius 1 is 0.796 bits per heavy atom. The van der Waals surface area contributed by atoms with Gasteiger partial charge >= 0.3 is 29.8 Å². The Balaban J connectivity index is 0.000000334. The molecule has 0 atom stereocenters. The quantitative estimate of drug-likeness (QED) is 0.0957. The summed E-state index contributed by atoms with van der Waals surface area (Å²) in [7, 11) is 0. The zero-order valence-corrected chi connectivity index (χ0v) is 31.8. The Morgan fingerprint density at radius 2 is 1.30 bits per heavy atom. The SMILES string of the molecule is CC(C)(C)OC(=O)N1CCC(c2nc(-c3cc(OC(F)(F)F)cc(SC(F)(F)F)c3)cs2)CC1.O=C(CBr)c1cc(OC(F)(F)F)cc(SC(F)(F)F)c1. The van der Waals surface area contributed by atoms with Gasteiger partial charge in [-0.15, -0.1) is 37.7 Å². The number of Topliss-reactive ketones (excluding diaryl/α,β-unsaturated/α-hetero) is 1. The number of ketones is 1. The van der Waals surface area contributed by atoms with E-state index < -0.39 is 86.0 Å². The van der Waals surface area contributed by atoms with Crippen LogP contribution in [-0.2, 0) is 4.74 Å². The summed E-state index contributed by atoms with van der Waals surface area (Å²) in [5.74, 6) is -2.29. The van der Waals surface area contributed by atoms with E-state index in [1.54, 1.807) is 31.1 Å². The van der Waals surface area contributed by atoms with E-state index in [0.717, 1.165) is 24.3 Å². The van der Waals surface area contributed by atoms with Gasteiger partial charge in [-0.2, -0.15) is 26.3 Å². The van der Waals surface area contributed by atoms with Crippen LogP contribution >= 0.6 is 50.8 Å². The van der Waals surface area contributed by atoms with E-state index in [0.29, 0.717) is 43.1 Å². The lowest BCUT2D eigenvalue weighted by Crippen LogP contribution is -2.41. The summed E-state index contributed by atoms with van der Waals surface area (Å²) in [4.78, 5) is 28.7. The lowest BCUT2D eigenvalue weighted by atomic mass is 9.98. The zero-order valence-electron chi connectivity index (χ0n) is 27.7. The first kappa shape index (κ1) is 45.3. The maximum absolute atomic E-state index is 12.8. The largest absolute Gasteiger partial charge is 0.573 e. The Kier molecular flexibility index (Phi) is 15.0. The van der Waals surface area contributed by atoms with Crippen molar-refractivity contribution in [3.8, 4) is 22.8 Å². The standard InChI is InChI=1S/C21H22F6N2O3S2.C10H5BrF6O2S/c1-19(2,3)32-18(30)29-6-4-12(5-7-29)17-28-16(11-33-17)13-8-14(31-20(22,23)24)10-15(9-13)34-21(25,26)27;11-4-8(18)5-1-6(19-9(12,13)14)3-7(2-5)20-10(15,16)17/h8-12H,4-7H2,1-3H3;1-3H,4H2. The van der Waals surface area contributed by atoms with Crippen LogP contribution in [0, 0.1) is 0 Å². The fraction of sp³-hybridized carbons (Fsp3) is 0.452. The van der Waals surface area contributed by atoms with Crippen molar-refractivity contribution in [2.45, 2.75) is 78.7 Å². The Hall–Kier alpha value is -3.05. The molecule has 0 saturated carbocycles. The molecule has 3 aromatic rings. The van der Waals surface area contributed by atoms with E-state index in [-0.39, 0.29) is 28.1 Å². The Labute approximate surface area is 320 Å². The van der Waals surface area contributed by atoms with Gasteiger partial charge in [0.05, 0.1) is 16.0 Å². The molecule has 1 aromatic heterocycles. The number of thioether (sulfide) groups is 2. The molecule has 23 heteroatoms. The highest BCUT2D eigenvalue weighted by Crippen LogP contribution is 2.42. The summed E-state index contributed by atoms with van der Waals surface area (Å²) in [5, 5.41) is 2.05. The number of alkyl halides is 13. The van der Waals surface area contributed by atoms with Crippen molar-refractivity contribution in [2.75, 3.05) is 18.4 Å². The topological polar surface area (TPSA) is 78.0 Å². The number of hydrogen-bond acceptors (Lipinski definition) is 9. The highest BCUT2D eigenvalue weighted by atomic mass is 79.9. The van der Waals surface area contributed by atoms with E-state index in [2.05, 4.69) is 30.4 Å². The summed E-state index contributed by atoms with van der Waals surface area (Å²) in [6, 6.07) is 4.98. The second-order valence-electron chi connectivity index (χ2n) is 11.9. The number of halogens is 13. The fourth-order valence-corrected chi connectivity index (χ4v) is 7.12. The number of carbonyl (C=O) groups is 2. The molecule has 1 aliphatic rings. The van der Waals surface area contributed by atoms with Crippen molar-refractivity contribution in [2.24, 2.45) is 0 Å². The normalized spacial score (nSPS) is 14.6. The van der Waals surface area contributed by atoms with Gasteiger partial charge in [-0.05, 0) is 93.5 Å². The van der Waals surface area contributed by atoms with Gasteiger partial charge in [-0.1, -0.05) is 15.9 Å². The third-order valence-electron chi connectivity index (χ3n) is 6.45. The summed E-state index contributed by atoms with van der Waals surface area (Å²) < 4.78 is 162. The molecule has 4 rings (SSSR count). The van der Waals surface area contributed by atoms with E-state index in [4.69, 9.17) is 4.74 Å². The third kappa shape index (κ3) is 16.4. The maximum atomic E-state index is 12.8. The molecule has 7 nitrogen and oxygen atoms in total. The van der Waals surface area contributed by atoms with Gasteiger partial charge in [-0.3, -0.25) is 4.79 Å². The van der Waals surface area contributed by atoms with Crippen LogP contribution in [0.3, 0.4) is 0 Å². The number of amides is 1. The summed E-state index contributed by atoms with van der Waals surface area (Å²) in [5.41, 5.74) is -9.94. The van der Waals surface area contributed by atoms with Crippen molar-refractivity contribution in [1.29, 1.82) is 0 Å². The first-order valence-corrected chi connectivity index (χ1v) is 18.6. The number of rotatable bonds is 8. The fourth-order valence-electron chi connectivity index (χ4n) is 4.54. The lowest BCUT2D eigenvalue weighted by molar-refractivity contribution is -0.275. The predicted molar refractivity (Wildman–Crippen MR) is 179 cm³/mol. The molecule has 54 heavy (non-hydrogen) atoms. The molecule has 1 fully saturated rings. The average molecular weight is 912 g/mol. The van der Waals surface area contributed by atoms with Gasteiger partial charge in [0.2, 0.25) is 0 Å². The van der Waals surface area contributed by atoms with Crippen molar-refractivity contribution in [3.05, 3.63) is 52.3 Å². The number of thiazole rings is 1. The van der Waals surface area contributed by atoms with Gasteiger partial charge in [0.1, 0.15) is 17.1 Å². The molecule has 0 bridgehead atoms. The number of carbonyl (C=O) groups excluding carboxylic acids is 2. The Morgan fingerprint density at radius 3 is 1.76 bits per heavy atom. The number of likely N-dealkylation sites (tertiary alicyclic amines) is 1. The van der Waals surface area contributed by atoms with Crippen molar-refractivity contribution >= 4 is 62.7 Å². The van der Waals surface area contributed by atoms with Crippen LogP contribution < -0.4 is 9.47 Å². The molecule has 1 aliphatic heterocycles. The van der Waals surface area contributed by atoms with Crippen LogP contribution in [0.1, 0.15) is 54.9 Å². The number of aromatic nitrogens is 1. The van der Waals surface area contributed by atoms with Crippen LogP contribution in [0.4, 0.5) is 57.5 Å². The molecule has 2 heterocycles. The number of hydrogen-bond donors (Lipinski definition) is 0. The van der Waals surface area contributed by atoms with Crippen LogP contribution in [0.2, 0.25) is 0 Å². The summed E-state index contributed by atoms with van der Waals surface area (Å²) in [6.45, 7) is 6.25. The van der Waals surface area contributed by atoms with E-state index in [9.17, 15) is 62.3 Å². The van der Waals surface area contributed by atoms with Gasteiger partial charge < -0.3 is 19.1 Å². The lowest BCUT2D eigenvalue weighted by Gasteiger charge is -2.32. The number of benzene rings is 2. The first-order valence-electron chi connectivity index (χ1n) is 14.9. The van der Waals surface area contributed by atoms with Crippen LogP contribution in [-0.4, -0.2) is 69.5 Å². The van der Waals surface area contributed by atoms with E-state index in [1.807, 2.05) is 0 Å². The van der Waals surface area contributed by atoms with Crippen LogP contribution in [0.5, 0.6) is 11.5 Å². The summed E-state index contributed by atoms with van der Waals surface area (Å²) in [6.07, 6.45) is -9.29. The van der Waals surface area contributed by atoms with Crippen molar-refractivity contribution in [1.82, 2.24) is 9.88 Å².